The van der Waals surface area contributed by atoms with Crippen molar-refractivity contribution in [2.45, 2.75) is 17.9 Å². The van der Waals surface area contributed by atoms with E-state index in [-0.39, 0.29) is 16.3 Å². The van der Waals surface area contributed by atoms with Crippen LogP contribution in [0.15, 0.2) is 99.2 Å². The number of halogens is 1. The van der Waals surface area contributed by atoms with Gasteiger partial charge in [0, 0.05) is 10.6 Å². The van der Waals surface area contributed by atoms with Gasteiger partial charge in [-0.1, -0.05) is 23.7 Å². The SMILES string of the molecule is CC1=NN(C(=O)c2ccc(Cl)cc2)C(=O)C1N=Nc1ccc(S(=O)(=O)Nc2cnc3ccccc3n2)cc1. The topological polar surface area (TPSA) is 146 Å². The second kappa shape index (κ2) is 10.1. The molecular formula is C25H18ClN7O4S. The fourth-order valence-electron chi connectivity index (χ4n) is 3.57. The highest BCUT2D eigenvalue weighted by molar-refractivity contribution is 7.92. The Morgan fingerprint density at radius 2 is 1.68 bits per heavy atom. The first-order valence-electron chi connectivity index (χ1n) is 11.2. The van der Waals surface area contributed by atoms with E-state index in [0.29, 0.717) is 27.5 Å². The van der Waals surface area contributed by atoms with Gasteiger partial charge in [-0.25, -0.2) is 13.4 Å². The third kappa shape index (κ3) is 5.12. The van der Waals surface area contributed by atoms with E-state index in [9.17, 15) is 18.0 Å². The number of carbonyl (C=O) groups is 2. The van der Waals surface area contributed by atoms with Gasteiger partial charge in [0.1, 0.15) is 0 Å². The molecule has 0 aliphatic carbocycles. The minimum Gasteiger partial charge on any atom is -0.269 e. The molecule has 0 fully saturated rings. The van der Waals surface area contributed by atoms with Crippen molar-refractivity contribution in [3.63, 3.8) is 0 Å². The molecule has 11 nitrogen and oxygen atoms in total. The molecule has 5 rings (SSSR count). The van der Waals surface area contributed by atoms with Gasteiger partial charge in [0.15, 0.2) is 11.9 Å². The molecule has 0 bridgehead atoms. The first-order valence-corrected chi connectivity index (χ1v) is 13.0. The van der Waals surface area contributed by atoms with E-state index < -0.39 is 27.9 Å². The summed E-state index contributed by atoms with van der Waals surface area (Å²) in [5.74, 6) is -1.17. The van der Waals surface area contributed by atoms with Crippen LogP contribution in [0.5, 0.6) is 0 Å². The third-order valence-electron chi connectivity index (χ3n) is 5.50. The molecule has 13 heteroatoms. The molecule has 2 heterocycles. The molecular weight excluding hydrogens is 530 g/mol. The second-order valence-corrected chi connectivity index (χ2v) is 10.3. The Kier molecular flexibility index (Phi) is 6.66. The number of nitrogens with one attached hydrogen (secondary N) is 1. The minimum absolute atomic E-state index is 0.0270. The standard InChI is InChI=1S/C25H18ClN7O4S/c1-15-23(25(35)33(31-15)24(34)16-6-8-17(26)9-7-16)30-29-18-10-12-19(13-11-18)38(36,37)32-22-14-27-20-4-2-3-5-21(20)28-22/h2-14,23H,1H3,(H,28,32). The van der Waals surface area contributed by atoms with Gasteiger partial charge >= 0.3 is 0 Å². The fraction of sp³-hybridized carbons (Fsp3) is 0.0800. The highest BCUT2D eigenvalue weighted by Gasteiger charge is 2.38. The normalized spacial score (nSPS) is 15.7. The van der Waals surface area contributed by atoms with Crippen molar-refractivity contribution in [2.24, 2.45) is 15.3 Å². The summed E-state index contributed by atoms with van der Waals surface area (Å²) in [6.45, 7) is 1.56. The maximum absolute atomic E-state index is 12.8. The van der Waals surface area contributed by atoms with Crippen LogP contribution < -0.4 is 4.72 Å². The molecule has 0 radical (unpaired) electrons. The second-order valence-electron chi connectivity index (χ2n) is 8.16. The summed E-state index contributed by atoms with van der Waals surface area (Å²) in [4.78, 5) is 33.9. The van der Waals surface area contributed by atoms with Gasteiger partial charge in [0.05, 0.1) is 33.5 Å². The lowest BCUT2D eigenvalue weighted by molar-refractivity contribution is -0.127. The molecule has 1 aromatic heterocycles. The lowest BCUT2D eigenvalue weighted by atomic mass is 10.2. The number of benzene rings is 3. The number of hydrogen-bond donors (Lipinski definition) is 1. The van der Waals surface area contributed by atoms with Crippen LogP contribution in [0, 0.1) is 0 Å². The molecule has 1 N–H and O–H groups in total. The lowest BCUT2D eigenvalue weighted by Gasteiger charge is -2.10. The quantitative estimate of drug-likeness (QED) is 0.276. The van der Waals surface area contributed by atoms with Crippen LogP contribution >= 0.6 is 11.6 Å². The monoisotopic (exact) mass is 547 g/mol. The number of sulfonamides is 1. The Morgan fingerprint density at radius 1 is 1.00 bits per heavy atom. The Morgan fingerprint density at radius 3 is 2.39 bits per heavy atom. The van der Waals surface area contributed by atoms with Crippen molar-refractivity contribution in [2.75, 3.05) is 4.72 Å². The number of carbonyl (C=O) groups excluding carboxylic acids is 2. The number of anilines is 1. The number of hydrogen-bond acceptors (Lipinski definition) is 9. The number of amides is 2. The molecule has 1 unspecified atom stereocenters. The number of hydrazone groups is 1. The van der Waals surface area contributed by atoms with Crippen LogP contribution in [-0.4, -0.2) is 47.0 Å². The smallest absolute Gasteiger partial charge is 0.269 e. The number of azo groups is 1. The number of fused-ring (bicyclic) bond motifs is 1. The molecule has 3 aromatic carbocycles. The summed E-state index contributed by atoms with van der Waals surface area (Å²) in [5.41, 5.74) is 2.04. The van der Waals surface area contributed by atoms with E-state index in [4.69, 9.17) is 11.6 Å². The van der Waals surface area contributed by atoms with E-state index in [0.717, 1.165) is 5.01 Å². The van der Waals surface area contributed by atoms with Gasteiger partial charge in [-0.05, 0) is 67.6 Å². The summed E-state index contributed by atoms with van der Waals surface area (Å²) in [6, 6.07) is 17.7. The van der Waals surface area contributed by atoms with Crippen LogP contribution in [0.2, 0.25) is 5.02 Å². The molecule has 1 atom stereocenters. The van der Waals surface area contributed by atoms with E-state index in [2.05, 4.69) is 30.0 Å². The van der Waals surface area contributed by atoms with Crippen molar-refractivity contribution >= 4 is 61.7 Å². The van der Waals surface area contributed by atoms with Gasteiger partial charge < -0.3 is 0 Å². The summed E-state index contributed by atoms with van der Waals surface area (Å²) >= 11 is 5.85. The molecule has 190 valence electrons. The van der Waals surface area contributed by atoms with Gasteiger partial charge in [-0.2, -0.15) is 20.3 Å². The Labute approximate surface area is 221 Å². The van der Waals surface area contributed by atoms with Crippen molar-refractivity contribution in [1.82, 2.24) is 15.0 Å². The number of aromatic nitrogens is 2. The van der Waals surface area contributed by atoms with E-state index in [1.54, 1.807) is 25.1 Å². The van der Waals surface area contributed by atoms with Crippen molar-refractivity contribution in [3.05, 3.63) is 89.6 Å². The zero-order chi connectivity index (χ0) is 26.9. The minimum atomic E-state index is -3.94. The van der Waals surface area contributed by atoms with Gasteiger partial charge in [0.25, 0.3) is 21.8 Å². The number of nitrogens with zero attached hydrogens (tertiary/aromatic N) is 6. The zero-order valence-corrected chi connectivity index (χ0v) is 21.3. The Balaban J connectivity index is 1.27. The average molecular weight is 548 g/mol. The largest absolute Gasteiger partial charge is 0.282 e. The van der Waals surface area contributed by atoms with E-state index in [1.165, 1.54) is 54.7 Å². The van der Waals surface area contributed by atoms with Crippen LogP contribution in [0.4, 0.5) is 11.5 Å². The maximum Gasteiger partial charge on any atom is 0.282 e. The first-order chi connectivity index (χ1) is 18.2. The number of rotatable bonds is 6. The van der Waals surface area contributed by atoms with Crippen molar-refractivity contribution in [1.29, 1.82) is 0 Å². The lowest BCUT2D eigenvalue weighted by Crippen LogP contribution is -2.34. The summed E-state index contributed by atoms with van der Waals surface area (Å²) < 4.78 is 28.0. The highest BCUT2D eigenvalue weighted by atomic mass is 35.5. The fourth-order valence-corrected chi connectivity index (χ4v) is 4.68. The average Bonchev–Trinajstić information content (AvgIpc) is 3.20. The number of imide groups is 1. The molecule has 1 aliphatic heterocycles. The predicted octanol–water partition coefficient (Wildman–Crippen LogP) is 4.59. The number of para-hydroxylation sites is 2. The van der Waals surface area contributed by atoms with Crippen molar-refractivity contribution in [3.8, 4) is 0 Å². The summed E-state index contributed by atoms with van der Waals surface area (Å²) in [5, 5.41) is 13.3. The zero-order valence-electron chi connectivity index (χ0n) is 19.7. The third-order valence-corrected chi connectivity index (χ3v) is 7.13. The molecule has 0 saturated heterocycles. The Bertz CT molecular complexity index is 1720. The van der Waals surface area contributed by atoms with Crippen LogP contribution in [0.3, 0.4) is 0 Å². The molecule has 4 aromatic rings. The molecule has 2 amide bonds. The molecule has 38 heavy (non-hydrogen) atoms. The molecule has 0 saturated carbocycles. The summed E-state index contributed by atoms with van der Waals surface area (Å²) in [7, 11) is -3.94. The van der Waals surface area contributed by atoms with Crippen LogP contribution in [-0.2, 0) is 14.8 Å². The predicted molar refractivity (Wildman–Crippen MR) is 141 cm³/mol. The van der Waals surface area contributed by atoms with Gasteiger partial charge in [0.2, 0.25) is 0 Å². The van der Waals surface area contributed by atoms with Gasteiger partial charge in [-0.15, -0.1) is 0 Å². The van der Waals surface area contributed by atoms with Crippen LogP contribution in [0.1, 0.15) is 17.3 Å². The van der Waals surface area contributed by atoms with E-state index >= 15 is 0 Å². The first kappa shape index (κ1) is 25.1. The van der Waals surface area contributed by atoms with Gasteiger partial charge in [-0.3, -0.25) is 19.3 Å². The van der Waals surface area contributed by atoms with E-state index in [1.807, 2.05) is 6.07 Å². The molecule has 1 aliphatic rings. The molecule has 0 spiro atoms. The summed E-state index contributed by atoms with van der Waals surface area (Å²) in [6.07, 6.45) is 1.34. The van der Waals surface area contributed by atoms with Crippen LogP contribution in [0.25, 0.3) is 11.0 Å². The Hall–Kier alpha value is -4.55. The maximum atomic E-state index is 12.8. The van der Waals surface area contributed by atoms with Crippen molar-refractivity contribution < 1.29 is 18.0 Å². The highest BCUT2D eigenvalue weighted by Crippen LogP contribution is 2.23.